The highest BCUT2D eigenvalue weighted by molar-refractivity contribution is 5.93. The topological polar surface area (TPSA) is 93.2 Å². The van der Waals surface area contributed by atoms with E-state index in [0.29, 0.717) is 6.54 Å². The molecule has 3 aromatic rings. The maximum absolute atomic E-state index is 12.7. The molecule has 7 nitrogen and oxygen atoms in total. The summed E-state index contributed by atoms with van der Waals surface area (Å²) in [6.07, 6.45) is 3.26. The molecule has 1 fully saturated rings. The van der Waals surface area contributed by atoms with Crippen molar-refractivity contribution in [2.24, 2.45) is 11.8 Å². The summed E-state index contributed by atoms with van der Waals surface area (Å²) in [6.45, 7) is 6.59. The molecule has 1 saturated heterocycles. The first-order chi connectivity index (χ1) is 15.9. The quantitative estimate of drug-likeness (QED) is 0.539. The van der Waals surface area contributed by atoms with E-state index in [1.54, 1.807) is 0 Å². The highest BCUT2D eigenvalue weighted by Crippen LogP contribution is 2.39. The van der Waals surface area contributed by atoms with Crippen LogP contribution >= 0.6 is 0 Å². The van der Waals surface area contributed by atoms with E-state index in [0.717, 1.165) is 19.3 Å². The number of carbonyl (C=O) groups is 1. The fraction of sp³-hybridized carbons (Fsp3) is 0.423. The third kappa shape index (κ3) is 4.78. The zero-order valence-corrected chi connectivity index (χ0v) is 19.3. The van der Waals surface area contributed by atoms with Crippen LogP contribution < -0.4 is 16.6 Å². The van der Waals surface area contributed by atoms with Crippen molar-refractivity contribution in [3.8, 4) is 0 Å². The molecular weight excluding hydrogens is 418 g/mol. The van der Waals surface area contributed by atoms with Crippen molar-refractivity contribution in [3.63, 3.8) is 0 Å². The number of carbonyl (C=O) groups excluding carboxylic acids is 1. The van der Waals surface area contributed by atoms with Gasteiger partial charge in [-0.25, -0.2) is 4.79 Å². The van der Waals surface area contributed by atoms with Gasteiger partial charge < -0.3 is 10.1 Å². The Morgan fingerprint density at radius 3 is 2.58 bits per heavy atom. The minimum Gasteiger partial charge on any atom is -0.354 e. The summed E-state index contributed by atoms with van der Waals surface area (Å²) in [7, 11) is 0. The molecule has 174 valence electrons. The Hall–Kier alpha value is -3.19. The SMILES string of the molecule is CC[C@H]1O[C@@H](n2cc(C(=O)NCCCc3ccc4ccccc4c3)c(=O)[nH]c2=O)[C@@H](C)C1C. The van der Waals surface area contributed by atoms with Crippen LogP contribution in [0.15, 0.2) is 58.3 Å². The Kier molecular flexibility index (Phi) is 6.79. The lowest BCUT2D eigenvalue weighted by atomic mass is 9.91. The molecule has 1 aliphatic rings. The number of fused-ring (bicyclic) bond motifs is 1. The second kappa shape index (κ2) is 9.75. The van der Waals surface area contributed by atoms with Gasteiger partial charge in [0.1, 0.15) is 11.8 Å². The molecule has 1 amide bonds. The molecule has 2 aromatic carbocycles. The standard InChI is InChI=1S/C26H31N3O4/c1-4-22-16(2)17(3)25(33-22)29-15-21(24(31)28-26(29)32)23(30)27-13-7-8-18-11-12-19-9-5-6-10-20(19)14-18/h5-6,9-12,14-17,22,25H,4,7-8,13H2,1-3H3,(H,27,30)(H,28,31,32)/t16?,17-,22+,25+/m0/s1. The third-order valence-corrected chi connectivity index (χ3v) is 6.81. The molecule has 2 heterocycles. The van der Waals surface area contributed by atoms with Crippen molar-refractivity contribution < 1.29 is 9.53 Å². The number of nitrogens with one attached hydrogen (secondary N) is 2. The molecule has 0 aliphatic carbocycles. The van der Waals surface area contributed by atoms with Crippen molar-refractivity contribution in [2.45, 2.75) is 52.4 Å². The molecule has 1 unspecified atom stereocenters. The van der Waals surface area contributed by atoms with E-state index in [-0.39, 0.29) is 23.5 Å². The average Bonchev–Trinajstić information content (AvgIpc) is 3.10. The van der Waals surface area contributed by atoms with Gasteiger partial charge in [-0.15, -0.1) is 0 Å². The largest absolute Gasteiger partial charge is 0.354 e. The van der Waals surface area contributed by atoms with Crippen molar-refractivity contribution in [1.82, 2.24) is 14.9 Å². The molecule has 0 saturated carbocycles. The lowest BCUT2D eigenvalue weighted by Gasteiger charge is -2.19. The average molecular weight is 450 g/mol. The van der Waals surface area contributed by atoms with E-state index in [1.165, 1.54) is 27.1 Å². The summed E-state index contributed by atoms with van der Waals surface area (Å²) in [4.78, 5) is 39.8. The Morgan fingerprint density at radius 2 is 1.85 bits per heavy atom. The van der Waals surface area contributed by atoms with E-state index in [2.05, 4.69) is 47.6 Å². The van der Waals surface area contributed by atoms with Gasteiger partial charge in [-0.2, -0.15) is 0 Å². The Balaban J connectivity index is 1.41. The minimum atomic E-state index is -0.686. The van der Waals surface area contributed by atoms with E-state index in [1.807, 2.05) is 26.0 Å². The lowest BCUT2D eigenvalue weighted by molar-refractivity contribution is -0.0169. The van der Waals surface area contributed by atoms with Crippen LogP contribution in [0.4, 0.5) is 0 Å². The maximum Gasteiger partial charge on any atom is 0.330 e. The number of benzene rings is 2. The monoisotopic (exact) mass is 449 g/mol. The molecule has 1 aromatic heterocycles. The van der Waals surface area contributed by atoms with Crippen LogP contribution in [-0.2, 0) is 11.2 Å². The number of aromatic amines is 1. The zero-order chi connectivity index (χ0) is 23.5. The zero-order valence-electron chi connectivity index (χ0n) is 19.3. The predicted molar refractivity (Wildman–Crippen MR) is 128 cm³/mol. The number of rotatable bonds is 7. The van der Waals surface area contributed by atoms with Crippen molar-refractivity contribution >= 4 is 16.7 Å². The van der Waals surface area contributed by atoms with Gasteiger partial charge in [-0.3, -0.25) is 19.1 Å². The molecule has 1 aliphatic heterocycles. The first-order valence-electron chi connectivity index (χ1n) is 11.7. The van der Waals surface area contributed by atoms with Crippen LogP contribution in [0.1, 0.15) is 55.8 Å². The summed E-state index contributed by atoms with van der Waals surface area (Å²) in [5.74, 6) is -0.142. The van der Waals surface area contributed by atoms with Crippen molar-refractivity contribution in [3.05, 3.63) is 80.6 Å². The highest BCUT2D eigenvalue weighted by Gasteiger charge is 2.39. The number of hydrogen-bond donors (Lipinski definition) is 2. The molecule has 7 heteroatoms. The minimum absolute atomic E-state index is 0.0382. The maximum atomic E-state index is 12.7. The van der Waals surface area contributed by atoms with Crippen LogP contribution in [-0.4, -0.2) is 28.1 Å². The number of ether oxygens (including phenoxy) is 1. The molecular formula is C26H31N3O4. The summed E-state index contributed by atoms with van der Waals surface area (Å²) in [5, 5.41) is 5.20. The first-order valence-corrected chi connectivity index (χ1v) is 11.7. The first kappa shape index (κ1) is 23.0. The highest BCUT2D eigenvalue weighted by atomic mass is 16.5. The van der Waals surface area contributed by atoms with E-state index >= 15 is 0 Å². The molecule has 0 bridgehead atoms. The van der Waals surface area contributed by atoms with Gasteiger partial charge in [0, 0.05) is 18.7 Å². The summed E-state index contributed by atoms with van der Waals surface area (Å²) >= 11 is 0. The number of H-pyrrole nitrogens is 1. The number of aromatic nitrogens is 2. The van der Waals surface area contributed by atoms with Crippen LogP contribution in [0.25, 0.3) is 10.8 Å². The van der Waals surface area contributed by atoms with Crippen LogP contribution in [0, 0.1) is 11.8 Å². The molecule has 0 spiro atoms. The molecule has 33 heavy (non-hydrogen) atoms. The van der Waals surface area contributed by atoms with E-state index < -0.39 is 23.4 Å². The van der Waals surface area contributed by atoms with Gasteiger partial charge in [-0.05, 0) is 41.5 Å². The summed E-state index contributed by atoms with van der Waals surface area (Å²) < 4.78 is 7.41. The second-order valence-corrected chi connectivity index (χ2v) is 8.94. The van der Waals surface area contributed by atoms with Gasteiger partial charge in [-0.1, -0.05) is 63.2 Å². The fourth-order valence-electron chi connectivity index (χ4n) is 4.63. The number of amides is 1. The third-order valence-electron chi connectivity index (χ3n) is 6.81. The van der Waals surface area contributed by atoms with Crippen LogP contribution in [0.2, 0.25) is 0 Å². The van der Waals surface area contributed by atoms with Gasteiger partial charge in [0.2, 0.25) is 0 Å². The van der Waals surface area contributed by atoms with E-state index in [9.17, 15) is 14.4 Å². The summed E-state index contributed by atoms with van der Waals surface area (Å²) in [6, 6.07) is 14.6. The smallest absolute Gasteiger partial charge is 0.330 e. The molecule has 4 rings (SSSR count). The van der Waals surface area contributed by atoms with E-state index in [4.69, 9.17) is 4.74 Å². The van der Waals surface area contributed by atoms with Crippen molar-refractivity contribution in [1.29, 1.82) is 0 Å². The second-order valence-electron chi connectivity index (χ2n) is 8.94. The number of hydrogen-bond acceptors (Lipinski definition) is 4. The van der Waals surface area contributed by atoms with Crippen molar-refractivity contribution in [2.75, 3.05) is 6.54 Å². The molecule has 4 atom stereocenters. The fourth-order valence-corrected chi connectivity index (χ4v) is 4.63. The van der Waals surface area contributed by atoms with Gasteiger partial charge in [0.15, 0.2) is 0 Å². The predicted octanol–water partition coefficient (Wildman–Crippen LogP) is 3.63. The molecule has 2 N–H and O–H groups in total. The Bertz CT molecular complexity index is 1260. The molecule has 0 radical (unpaired) electrons. The van der Waals surface area contributed by atoms with Crippen LogP contribution in [0.3, 0.4) is 0 Å². The lowest BCUT2D eigenvalue weighted by Crippen LogP contribution is -2.39. The van der Waals surface area contributed by atoms with Gasteiger partial charge >= 0.3 is 5.69 Å². The Labute approximate surface area is 192 Å². The van der Waals surface area contributed by atoms with Gasteiger partial charge in [0.05, 0.1) is 6.10 Å². The summed E-state index contributed by atoms with van der Waals surface area (Å²) in [5.41, 5.74) is -0.132. The number of aryl methyl sites for hydroxylation is 1. The number of nitrogens with zero attached hydrogens (tertiary/aromatic N) is 1. The van der Waals surface area contributed by atoms with Crippen LogP contribution in [0.5, 0.6) is 0 Å². The Morgan fingerprint density at radius 1 is 1.09 bits per heavy atom. The van der Waals surface area contributed by atoms with Gasteiger partial charge in [0.25, 0.3) is 11.5 Å². The normalized spacial score (nSPS) is 22.5.